The minimum Gasteiger partial charge on any atom is -0.382 e. The Morgan fingerprint density at radius 3 is 2.60 bits per heavy atom. The molecule has 7 heteroatoms. The zero-order valence-electron chi connectivity index (χ0n) is 12.0. The third-order valence-electron chi connectivity index (χ3n) is 3.44. The topological polar surface area (TPSA) is 41.6 Å². The number of hydrogen-bond donors (Lipinski definition) is 1. The Morgan fingerprint density at radius 1 is 1.40 bits per heavy atom. The largest absolute Gasteiger partial charge is 0.406 e. The molecule has 1 saturated heterocycles. The van der Waals surface area contributed by atoms with Crippen LogP contribution in [0.15, 0.2) is 0 Å². The van der Waals surface area contributed by atoms with Crippen LogP contribution in [0.5, 0.6) is 0 Å². The van der Waals surface area contributed by atoms with Crippen molar-refractivity contribution in [3.63, 3.8) is 0 Å². The number of carbonyl (C=O) groups excluding carboxylic acids is 1. The first kappa shape index (κ1) is 17.2. The molecule has 2 unspecified atom stereocenters. The monoisotopic (exact) mass is 296 g/mol. The molecule has 0 aromatic carbocycles. The second kappa shape index (κ2) is 7.83. The van der Waals surface area contributed by atoms with E-state index in [0.29, 0.717) is 32.7 Å². The molecular formula is C13H23F3N2O2. The van der Waals surface area contributed by atoms with Crippen LogP contribution in [0.1, 0.15) is 20.3 Å². The number of carbonyl (C=O) groups is 1. The van der Waals surface area contributed by atoms with E-state index < -0.39 is 18.6 Å². The molecule has 2 atom stereocenters. The van der Waals surface area contributed by atoms with Gasteiger partial charge in [0.15, 0.2) is 0 Å². The molecule has 118 valence electrons. The van der Waals surface area contributed by atoms with Crippen LogP contribution in [-0.4, -0.2) is 56.4 Å². The lowest BCUT2D eigenvalue weighted by molar-refractivity contribution is -0.164. The number of rotatable bonds is 7. The molecule has 0 aromatic rings. The average molecular weight is 296 g/mol. The molecule has 1 rings (SSSR count). The number of nitrogens with one attached hydrogen (secondary N) is 1. The van der Waals surface area contributed by atoms with Gasteiger partial charge in [-0.3, -0.25) is 4.79 Å². The molecule has 1 N–H and O–H groups in total. The Labute approximate surface area is 117 Å². The number of nitrogens with zero attached hydrogens (tertiary/aromatic N) is 1. The fraction of sp³-hybridized carbons (Fsp3) is 0.923. The van der Waals surface area contributed by atoms with Crippen molar-refractivity contribution in [1.82, 2.24) is 10.2 Å². The van der Waals surface area contributed by atoms with Gasteiger partial charge in [-0.2, -0.15) is 13.2 Å². The van der Waals surface area contributed by atoms with Gasteiger partial charge >= 0.3 is 6.18 Å². The minimum absolute atomic E-state index is 0.0742. The molecule has 4 nitrogen and oxygen atoms in total. The van der Waals surface area contributed by atoms with E-state index in [4.69, 9.17) is 4.74 Å². The number of hydrogen-bond acceptors (Lipinski definition) is 3. The summed E-state index contributed by atoms with van der Waals surface area (Å²) in [7, 11) is 0. The summed E-state index contributed by atoms with van der Waals surface area (Å²) in [5, 5.41) is 3.04. The van der Waals surface area contributed by atoms with Gasteiger partial charge in [-0.1, -0.05) is 6.92 Å². The summed E-state index contributed by atoms with van der Waals surface area (Å²) in [6.07, 6.45) is -3.94. The molecule has 0 saturated carbocycles. The van der Waals surface area contributed by atoms with Crippen molar-refractivity contribution in [2.24, 2.45) is 11.8 Å². The SMILES string of the molecule is CCOCCCN(CC(F)(F)F)C(=O)C1CNCC1C. The third kappa shape index (κ3) is 5.66. The molecule has 0 aromatic heterocycles. The number of halogens is 3. The highest BCUT2D eigenvalue weighted by Gasteiger charge is 2.38. The van der Waals surface area contributed by atoms with E-state index in [1.54, 1.807) is 0 Å². The predicted molar refractivity (Wildman–Crippen MR) is 69.3 cm³/mol. The van der Waals surface area contributed by atoms with E-state index in [2.05, 4.69) is 5.32 Å². The van der Waals surface area contributed by atoms with E-state index >= 15 is 0 Å². The van der Waals surface area contributed by atoms with E-state index in [1.807, 2.05) is 13.8 Å². The van der Waals surface area contributed by atoms with Gasteiger partial charge in [0.25, 0.3) is 0 Å². The number of alkyl halides is 3. The van der Waals surface area contributed by atoms with E-state index in [9.17, 15) is 18.0 Å². The molecule has 0 radical (unpaired) electrons. The highest BCUT2D eigenvalue weighted by Crippen LogP contribution is 2.22. The van der Waals surface area contributed by atoms with Crippen LogP contribution >= 0.6 is 0 Å². The van der Waals surface area contributed by atoms with Crippen LogP contribution in [0, 0.1) is 11.8 Å². The van der Waals surface area contributed by atoms with Crippen LogP contribution < -0.4 is 5.32 Å². The molecule has 1 heterocycles. The molecule has 0 bridgehead atoms. The molecule has 0 spiro atoms. The molecule has 1 aliphatic heterocycles. The normalized spacial score (nSPS) is 23.1. The van der Waals surface area contributed by atoms with Crippen LogP contribution in [0.2, 0.25) is 0 Å². The van der Waals surface area contributed by atoms with Crippen molar-refractivity contribution in [1.29, 1.82) is 0 Å². The van der Waals surface area contributed by atoms with Gasteiger partial charge in [-0.05, 0) is 25.8 Å². The maximum Gasteiger partial charge on any atom is 0.406 e. The fourth-order valence-electron chi connectivity index (χ4n) is 2.36. The summed E-state index contributed by atoms with van der Waals surface area (Å²) < 4.78 is 42.9. The lowest BCUT2D eigenvalue weighted by Crippen LogP contribution is -2.44. The van der Waals surface area contributed by atoms with E-state index in [-0.39, 0.29) is 18.4 Å². The third-order valence-corrected chi connectivity index (χ3v) is 3.44. The van der Waals surface area contributed by atoms with Gasteiger partial charge in [0.2, 0.25) is 5.91 Å². The molecule has 1 amide bonds. The standard InChI is InChI=1S/C13H23F3N2O2/c1-3-20-6-4-5-18(9-13(14,15)16)12(19)11-8-17-7-10(11)2/h10-11,17H,3-9H2,1-2H3. The van der Waals surface area contributed by atoms with Crippen molar-refractivity contribution in [3.05, 3.63) is 0 Å². The smallest absolute Gasteiger partial charge is 0.382 e. The lowest BCUT2D eigenvalue weighted by Gasteiger charge is -2.27. The summed E-state index contributed by atoms with van der Waals surface area (Å²) in [6, 6.07) is 0. The average Bonchev–Trinajstić information content (AvgIpc) is 2.77. The highest BCUT2D eigenvalue weighted by atomic mass is 19.4. The van der Waals surface area contributed by atoms with Crippen LogP contribution in [0.4, 0.5) is 13.2 Å². The summed E-state index contributed by atoms with van der Waals surface area (Å²) in [6.45, 7) is 4.64. The van der Waals surface area contributed by atoms with Gasteiger partial charge in [0, 0.05) is 26.3 Å². The summed E-state index contributed by atoms with van der Waals surface area (Å²) >= 11 is 0. The van der Waals surface area contributed by atoms with Crippen molar-refractivity contribution in [3.8, 4) is 0 Å². The van der Waals surface area contributed by atoms with Crippen LogP contribution in [-0.2, 0) is 9.53 Å². The Bertz CT molecular complexity index is 310. The highest BCUT2D eigenvalue weighted by molar-refractivity contribution is 5.79. The summed E-state index contributed by atoms with van der Waals surface area (Å²) in [4.78, 5) is 13.2. The zero-order valence-corrected chi connectivity index (χ0v) is 12.0. The quantitative estimate of drug-likeness (QED) is 0.727. The first-order valence-corrected chi connectivity index (χ1v) is 6.99. The van der Waals surface area contributed by atoms with Gasteiger partial charge in [0.1, 0.15) is 6.54 Å². The van der Waals surface area contributed by atoms with Gasteiger partial charge in [-0.25, -0.2) is 0 Å². The van der Waals surface area contributed by atoms with Crippen molar-refractivity contribution >= 4 is 5.91 Å². The maximum atomic E-state index is 12.6. The number of amides is 1. The predicted octanol–water partition coefficient (Wildman–Crippen LogP) is 1.66. The maximum absolute atomic E-state index is 12.6. The lowest BCUT2D eigenvalue weighted by atomic mass is 9.96. The second-order valence-corrected chi connectivity index (χ2v) is 5.17. The van der Waals surface area contributed by atoms with Crippen molar-refractivity contribution < 1.29 is 22.7 Å². The first-order chi connectivity index (χ1) is 9.35. The first-order valence-electron chi connectivity index (χ1n) is 6.99. The molecule has 1 aliphatic rings. The fourth-order valence-corrected chi connectivity index (χ4v) is 2.36. The Kier molecular flexibility index (Phi) is 6.75. The van der Waals surface area contributed by atoms with Gasteiger partial charge in [0.05, 0.1) is 5.92 Å². The Balaban J connectivity index is 2.58. The Morgan fingerprint density at radius 2 is 2.10 bits per heavy atom. The van der Waals surface area contributed by atoms with Crippen LogP contribution in [0.3, 0.4) is 0 Å². The minimum atomic E-state index is -4.36. The summed E-state index contributed by atoms with van der Waals surface area (Å²) in [5.74, 6) is -0.689. The Hall–Kier alpha value is -0.820. The van der Waals surface area contributed by atoms with E-state index in [1.165, 1.54) is 0 Å². The van der Waals surface area contributed by atoms with Crippen molar-refractivity contribution in [2.45, 2.75) is 26.4 Å². The molecule has 1 fully saturated rings. The van der Waals surface area contributed by atoms with E-state index in [0.717, 1.165) is 4.90 Å². The van der Waals surface area contributed by atoms with Crippen molar-refractivity contribution in [2.75, 3.05) is 39.4 Å². The summed E-state index contributed by atoms with van der Waals surface area (Å²) in [5.41, 5.74) is 0. The zero-order chi connectivity index (χ0) is 15.2. The second-order valence-electron chi connectivity index (χ2n) is 5.17. The molecule has 20 heavy (non-hydrogen) atoms. The van der Waals surface area contributed by atoms with Gasteiger partial charge in [-0.15, -0.1) is 0 Å². The van der Waals surface area contributed by atoms with Crippen LogP contribution in [0.25, 0.3) is 0 Å². The molecular weight excluding hydrogens is 273 g/mol. The van der Waals surface area contributed by atoms with Gasteiger partial charge < -0.3 is 15.0 Å². The number of ether oxygens (including phenoxy) is 1. The molecule has 0 aliphatic carbocycles.